The molecule has 0 heterocycles. The van der Waals surface area contributed by atoms with Gasteiger partial charge in [0.15, 0.2) is 0 Å². The molecule has 1 aromatic rings. The predicted octanol–water partition coefficient (Wildman–Crippen LogP) is -0.597. The number of nitrogens with two attached hydrogens (primary N) is 1. The van der Waals surface area contributed by atoms with Gasteiger partial charge in [-0.1, -0.05) is 12.1 Å². The van der Waals surface area contributed by atoms with Crippen molar-refractivity contribution in [1.29, 1.82) is 0 Å². The molecule has 0 spiro atoms. The van der Waals surface area contributed by atoms with E-state index in [1.165, 1.54) is 13.2 Å². The number of nitrogen functional groups attached to an aromatic ring is 1. The zero-order valence-corrected chi connectivity index (χ0v) is 12.6. The molecule has 0 saturated heterocycles. The minimum atomic E-state index is -3.72. The maximum Gasteiger partial charge on any atom is 0.242 e. The first kappa shape index (κ1) is 17.4. The van der Waals surface area contributed by atoms with E-state index in [1.807, 2.05) is 0 Å². The highest BCUT2D eigenvalue weighted by molar-refractivity contribution is 7.89. The Morgan fingerprint density at radius 2 is 2.00 bits per heavy atom. The standard InChI is InChI=1S/C12H20N4O4S/c1-20-9-8-14-12(17)6-7-15-21(18,19)11-5-3-2-4-10(11)16-13/h2-5,15-16H,6-9,13H2,1H3,(H,14,17). The molecule has 0 aromatic heterocycles. The number of anilines is 1. The number of sulfonamides is 1. The normalized spacial score (nSPS) is 11.1. The highest BCUT2D eigenvalue weighted by Gasteiger charge is 2.17. The summed E-state index contributed by atoms with van der Waals surface area (Å²) >= 11 is 0. The van der Waals surface area contributed by atoms with Crippen LogP contribution >= 0.6 is 0 Å². The zero-order valence-electron chi connectivity index (χ0n) is 11.8. The van der Waals surface area contributed by atoms with Crippen molar-refractivity contribution in [2.45, 2.75) is 11.3 Å². The average Bonchev–Trinajstić information content (AvgIpc) is 2.47. The Hall–Kier alpha value is -1.68. The van der Waals surface area contributed by atoms with Gasteiger partial charge in [-0.2, -0.15) is 0 Å². The largest absolute Gasteiger partial charge is 0.383 e. The predicted molar refractivity (Wildman–Crippen MR) is 78.9 cm³/mol. The van der Waals surface area contributed by atoms with Crippen LogP contribution in [0, 0.1) is 0 Å². The summed E-state index contributed by atoms with van der Waals surface area (Å²) < 4.78 is 31.3. The summed E-state index contributed by atoms with van der Waals surface area (Å²) in [7, 11) is -2.19. The highest BCUT2D eigenvalue weighted by atomic mass is 32.2. The smallest absolute Gasteiger partial charge is 0.242 e. The van der Waals surface area contributed by atoms with Crippen LogP contribution in [-0.2, 0) is 19.6 Å². The lowest BCUT2D eigenvalue weighted by Gasteiger charge is -2.10. The van der Waals surface area contributed by atoms with E-state index in [0.717, 1.165) is 0 Å². The fourth-order valence-electron chi connectivity index (χ4n) is 1.58. The molecule has 8 nitrogen and oxygen atoms in total. The third kappa shape index (κ3) is 5.68. The van der Waals surface area contributed by atoms with E-state index >= 15 is 0 Å². The average molecular weight is 316 g/mol. The second-order valence-electron chi connectivity index (χ2n) is 4.13. The second-order valence-corrected chi connectivity index (χ2v) is 5.87. The van der Waals surface area contributed by atoms with Crippen LogP contribution in [0.25, 0.3) is 0 Å². The molecule has 0 saturated carbocycles. The SMILES string of the molecule is COCCNC(=O)CCNS(=O)(=O)c1ccccc1NN. The number of para-hydroxylation sites is 1. The number of carbonyl (C=O) groups is 1. The highest BCUT2D eigenvalue weighted by Crippen LogP contribution is 2.19. The van der Waals surface area contributed by atoms with E-state index in [2.05, 4.69) is 15.5 Å². The summed E-state index contributed by atoms with van der Waals surface area (Å²) in [5.41, 5.74) is 2.61. The fourth-order valence-corrected chi connectivity index (χ4v) is 2.78. The third-order valence-corrected chi connectivity index (χ3v) is 4.12. The van der Waals surface area contributed by atoms with Crippen molar-refractivity contribution >= 4 is 21.6 Å². The maximum absolute atomic E-state index is 12.1. The lowest BCUT2D eigenvalue weighted by molar-refractivity contribution is -0.121. The molecule has 0 fully saturated rings. The van der Waals surface area contributed by atoms with Crippen LogP contribution in [0.2, 0.25) is 0 Å². The molecule has 1 amide bonds. The number of hydrazine groups is 1. The summed E-state index contributed by atoms with van der Waals surface area (Å²) in [6, 6.07) is 6.23. The number of amides is 1. The van der Waals surface area contributed by atoms with Crippen LogP contribution in [-0.4, -0.2) is 41.1 Å². The van der Waals surface area contributed by atoms with Crippen molar-refractivity contribution in [3.63, 3.8) is 0 Å². The Morgan fingerprint density at radius 1 is 1.29 bits per heavy atom. The zero-order chi connectivity index (χ0) is 15.7. The third-order valence-electron chi connectivity index (χ3n) is 2.60. The summed E-state index contributed by atoms with van der Waals surface area (Å²) in [5, 5.41) is 2.60. The van der Waals surface area contributed by atoms with Crippen LogP contribution in [0.15, 0.2) is 29.2 Å². The van der Waals surface area contributed by atoms with Crippen molar-refractivity contribution in [3.8, 4) is 0 Å². The van der Waals surface area contributed by atoms with Crippen LogP contribution < -0.4 is 21.3 Å². The summed E-state index contributed by atoms with van der Waals surface area (Å²) in [6.45, 7) is 0.801. The molecular formula is C12H20N4O4S. The Morgan fingerprint density at radius 3 is 2.67 bits per heavy atom. The number of hydrogen-bond donors (Lipinski definition) is 4. The minimum absolute atomic E-state index is 0.0000541. The summed E-state index contributed by atoms with van der Waals surface area (Å²) in [4.78, 5) is 11.5. The Balaban J connectivity index is 2.52. The second kappa shape index (κ2) is 8.57. The number of benzene rings is 1. The molecule has 9 heteroatoms. The van der Waals surface area contributed by atoms with Crippen molar-refractivity contribution < 1.29 is 17.9 Å². The quantitative estimate of drug-likeness (QED) is 0.274. The maximum atomic E-state index is 12.1. The van der Waals surface area contributed by atoms with E-state index in [1.54, 1.807) is 18.2 Å². The molecule has 0 aliphatic rings. The molecule has 1 aromatic carbocycles. The van der Waals surface area contributed by atoms with Crippen molar-refractivity contribution in [2.75, 3.05) is 32.2 Å². The van der Waals surface area contributed by atoms with Crippen LogP contribution in [0.3, 0.4) is 0 Å². The van der Waals surface area contributed by atoms with Gasteiger partial charge < -0.3 is 15.5 Å². The summed E-state index contributed by atoms with van der Waals surface area (Å²) in [6.07, 6.45) is 0.0428. The van der Waals surface area contributed by atoms with Gasteiger partial charge in [-0.3, -0.25) is 10.6 Å². The molecule has 0 aliphatic carbocycles. The molecule has 0 radical (unpaired) electrons. The molecular weight excluding hydrogens is 296 g/mol. The first-order valence-electron chi connectivity index (χ1n) is 6.32. The van der Waals surface area contributed by atoms with E-state index in [0.29, 0.717) is 13.2 Å². The van der Waals surface area contributed by atoms with Crippen LogP contribution in [0.5, 0.6) is 0 Å². The van der Waals surface area contributed by atoms with E-state index < -0.39 is 10.0 Å². The number of ether oxygens (including phenoxy) is 1. The van der Waals surface area contributed by atoms with Crippen LogP contribution in [0.4, 0.5) is 5.69 Å². The lowest BCUT2D eigenvalue weighted by Crippen LogP contribution is -2.32. The number of hydrogen-bond acceptors (Lipinski definition) is 6. The van der Waals surface area contributed by atoms with Crippen molar-refractivity contribution in [2.24, 2.45) is 5.84 Å². The molecule has 0 bridgehead atoms. The topological polar surface area (TPSA) is 123 Å². The van der Waals surface area contributed by atoms with Gasteiger partial charge in [0.25, 0.3) is 0 Å². The van der Waals surface area contributed by atoms with Crippen molar-refractivity contribution in [1.82, 2.24) is 10.0 Å². The first-order valence-corrected chi connectivity index (χ1v) is 7.80. The molecule has 0 atom stereocenters. The molecule has 1 rings (SSSR count). The molecule has 0 aliphatic heterocycles. The number of carbonyl (C=O) groups excluding carboxylic acids is 1. The summed E-state index contributed by atoms with van der Waals surface area (Å²) in [5.74, 6) is 5.02. The molecule has 21 heavy (non-hydrogen) atoms. The Labute approximate surface area is 124 Å². The number of rotatable bonds is 9. The first-order chi connectivity index (χ1) is 10.0. The van der Waals surface area contributed by atoms with E-state index in [-0.39, 0.29) is 29.5 Å². The number of methoxy groups -OCH3 is 1. The van der Waals surface area contributed by atoms with Gasteiger partial charge in [0.1, 0.15) is 4.90 Å². The molecule has 5 N–H and O–H groups in total. The monoisotopic (exact) mass is 316 g/mol. The fraction of sp³-hybridized carbons (Fsp3) is 0.417. The molecule has 0 unspecified atom stereocenters. The Bertz CT molecular complexity index is 562. The van der Waals surface area contributed by atoms with Crippen LogP contribution in [0.1, 0.15) is 6.42 Å². The van der Waals surface area contributed by atoms with Gasteiger partial charge in [-0.15, -0.1) is 0 Å². The van der Waals surface area contributed by atoms with E-state index in [4.69, 9.17) is 10.6 Å². The molecule has 118 valence electrons. The van der Waals surface area contributed by atoms with Gasteiger partial charge >= 0.3 is 0 Å². The lowest BCUT2D eigenvalue weighted by atomic mass is 10.3. The van der Waals surface area contributed by atoms with Crippen molar-refractivity contribution in [3.05, 3.63) is 24.3 Å². The van der Waals surface area contributed by atoms with Gasteiger partial charge in [0.05, 0.1) is 12.3 Å². The Kier molecular flexibility index (Phi) is 7.09. The van der Waals surface area contributed by atoms with Gasteiger partial charge in [0.2, 0.25) is 15.9 Å². The van der Waals surface area contributed by atoms with Gasteiger partial charge in [0, 0.05) is 26.6 Å². The minimum Gasteiger partial charge on any atom is -0.383 e. The van der Waals surface area contributed by atoms with Gasteiger partial charge in [-0.05, 0) is 12.1 Å². The van der Waals surface area contributed by atoms with E-state index in [9.17, 15) is 13.2 Å². The van der Waals surface area contributed by atoms with Gasteiger partial charge in [-0.25, -0.2) is 13.1 Å². The number of nitrogens with one attached hydrogen (secondary N) is 3.